The van der Waals surface area contributed by atoms with E-state index in [-0.39, 0.29) is 5.92 Å². The van der Waals surface area contributed by atoms with Gasteiger partial charge in [-0.05, 0) is 39.9 Å². The molecule has 0 bridgehead atoms. The van der Waals surface area contributed by atoms with Crippen LogP contribution in [0.3, 0.4) is 0 Å². The monoisotopic (exact) mass is 313 g/mol. The van der Waals surface area contributed by atoms with E-state index in [0.29, 0.717) is 17.7 Å². The maximum atomic E-state index is 11.8. The average molecular weight is 314 g/mol. The number of carbonyl (C=O) groups is 1. The molecule has 3 nitrogen and oxygen atoms in total. The maximum Gasteiger partial charge on any atom is 0.314 e. The van der Waals surface area contributed by atoms with Crippen LogP contribution in [0.1, 0.15) is 39.2 Å². The highest BCUT2D eigenvalue weighted by Crippen LogP contribution is 2.42. The minimum absolute atomic E-state index is 0.0217. The fraction of sp³-hybridized carbons (Fsp3) is 0.500. The van der Waals surface area contributed by atoms with E-state index in [1.807, 2.05) is 39.0 Å². The molecule has 3 N–H and O–H groups in total. The molecule has 1 atom stereocenters. The molecular formula is C14H20BrNO2. The summed E-state index contributed by atoms with van der Waals surface area (Å²) in [6.45, 7) is 5.86. The van der Waals surface area contributed by atoms with Crippen molar-refractivity contribution in [2.24, 2.45) is 5.92 Å². The zero-order valence-corrected chi connectivity index (χ0v) is 12.6. The van der Waals surface area contributed by atoms with Gasteiger partial charge >= 0.3 is 5.97 Å². The Hall–Kier alpha value is -1.03. The molecule has 1 aromatic rings. The standard InChI is InChI=1S/C14H20BrNO2/c1-4-8-14(9(2)3,13(17)18)10-6-5-7-11(15)12(10)16/h5-7,9H,4,8,16H2,1-3H3,(H,17,18). The van der Waals surface area contributed by atoms with Crippen molar-refractivity contribution >= 4 is 27.6 Å². The fourth-order valence-electron chi connectivity index (χ4n) is 2.52. The predicted molar refractivity (Wildman–Crippen MR) is 77.6 cm³/mol. The van der Waals surface area contributed by atoms with Gasteiger partial charge in [-0.1, -0.05) is 39.3 Å². The smallest absolute Gasteiger partial charge is 0.314 e. The van der Waals surface area contributed by atoms with Crippen LogP contribution in [0.2, 0.25) is 0 Å². The van der Waals surface area contributed by atoms with E-state index in [1.165, 1.54) is 0 Å². The van der Waals surface area contributed by atoms with Crippen LogP contribution in [-0.4, -0.2) is 11.1 Å². The highest BCUT2D eigenvalue weighted by Gasteiger charge is 2.44. The molecule has 1 unspecified atom stereocenters. The molecule has 0 saturated carbocycles. The zero-order valence-electron chi connectivity index (χ0n) is 11.0. The molecule has 100 valence electrons. The Morgan fingerprint density at radius 3 is 2.56 bits per heavy atom. The molecule has 0 amide bonds. The number of nitrogen functional groups attached to an aromatic ring is 1. The number of hydrogen-bond donors (Lipinski definition) is 2. The van der Waals surface area contributed by atoms with E-state index >= 15 is 0 Å². The minimum Gasteiger partial charge on any atom is -0.481 e. The molecule has 0 saturated heterocycles. The zero-order chi connectivity index (χ0) is 13.9. The summed E-state index contributed by atoms with van der Waals surface area (Å²) in [6.07, 6.45) is 1.39. The predicted octanol–water partition coefficient (Wildman–Crippen LogP) is 3.81. The van der Waals surface area contributed by atoms with Crippen LogP contribution in [0, 0.1) is 5.92 Å². The van der Waals surface area contributed by atoms with Crippen molar-refractivity contribution in [3.8, 4) is 0 Å². The van der Waals surface area contributed by atoms with E-state index < -0.39 is 11.4 Å². The Morgan fingerprint density at radius 1 is 1.50 bits per heavy atom. The van der Waals surface area contributed by atoms with Crippen LogP contribution in [0.15, 0.2) is 22.7 Å². The summed E-state index contributed by atoms with van der Waals surface area (Å²) >= 11 is 3.37. The molecule has 0 spiro atoms. The summed E-state index contributed by atoms with van der Waals surface area (Å²) in [4.78, 5) is 11.8. The topological polar surface area (TPSA) is 63.3 Å². The van der Waals surface area contributed by atoms with Gasteiger partial charge in [0.15, 0.2) is 0 Å². The Balaban J connectivity index is 3.51. The van der Waals surface area contributed by atoms with Crippen molar-refractivity contribution in [3.63, 3.8) is 0 Å². The van der Waals surface area contributed by atoms with Crippen molar-refractivity contribution in [2.45, 2.75) is 39.0 Å². The largest absolute Gasteiger partial charge is 0.481 e. The third-order valence-corrected chi connectivity index (χ3v) is 4.24. The van der Waals surface area contributed by atoms with Crippen molar-refractivity contribution in [2.75, 3.05) is 5.73 Å². The van der Waals surface area contributed by atoms with Gasteiger partial charge in [-0.15, -0.1) is 0 Å². The summed E-state index contributed by atoms with van der Waals surface area (Å²) < 4.78 is 0.752. The van der Waals surface area contributed by atoms with Gasteiger partial charge in [0.25, 0.3) is 0 Å². The molecule has 0 heterocycles. The second-order valence-electron chi connectivity index (χ2n) is 4.88. The molecule has 18 heavy (non-hydrogen) atoms. The Bertz CT molecular complexity index is 445. The number of nitrogens with two attached hydrogens (primary N) is 1. The Morgan fingerprint density at radius 2 is 2.11 bits per heavy atom. The van der Waals surface area contributed by atoms with Crippen molar-refractivity contribution < 1.29 is 9.90 Å². The number of aliphatic carboxylic acids is 1. The first-order chi connectivity index (χ1) is 8.37. The van der Waals surface area contributed by atoms with Gasteiger partial charge in [0.1, 0.15) is 0 Å². The van der Waals surface area contributed by atoms with Gasteiger partial charge in [-0.25, -0.2) is 0 Å². The lowest BCUT2D eigenvalue weighted by molar-refractivity contribution is -0.146. The molecule has 4 heteroatoms. The molecule has 1 rings (SSSR count). The second kappa shape index (κ2) is 5.74. The summed E-state index contributed by atoms with van der Waals surface area (Å²) in [7, 11) is 0. The molecule has 0 aliphatic carbocycles. The van der Waals surface area contributed by atoms with E-state index in [2.05, 4.69) is 15.9 Å². The average Bonchev–Trinajstić information content (AvgIpc) is 2.29. The van der Waals surface area contributed by atoms with Crippen LogP contribution in [0.4, 0.5) is 5.69 Å². The third-order valence-electron chi connectivity index (χ3n) is 3.55. The third kappa shape index (κ3) is 2.39. The highest BCUT2D eigenvalue weighted by molar-refractivity contribution is 9.10. The number of rotatable bonds is 5. The highest BCUT2D eigenvalue weighted by atomic mass is 79.9. The SMILES string of the molecule is CCCC(C(=O)O)(c1cccc(Br)c1N)C(C)C. The quantitative estimate of drug-likeness (QED) is 0.812. The van der Waals surface area contributed by atoms with E-state index in [9.17, 15) is 9.90 Å². The van der Waals surface area contributed by atoms with E-state index in [0.717, 1.165) is 10.9 Å². The van der Waals surface area contributed by atoms with E-state index in [4.69, 9.17) is 5.73 Å². The number of carboxylic acid groups (broad SMARTS) is 1. The maximum absolute atomic E-state index is 11.8. The number of carboxylic acids is 1. The summed E-state index contributed by atoms with van der Waals surface area (Å²) in [5.41, 5.74) is 6.39. The van der Waals surface area contributed by atoms with Crippen LogP contribution >= 0.6 is 15.9 Å². The molecule has 1 aromatic carbocycles. The van der Waals surface area contributed by atoms with Gasteiger partial charge in [-0.2, -0.15) is 0 Å². The Labute approximate surface area is 117 Å². The molecule has 0 radical (unpaired) electrons. The normalized spacial score (nSPS) is 14.5. The first-order valence-corrected chi connectivity index (χ1v) is 6.95. The first kappa shape index (κ1) is 15.0. The van der Waals surface area contributed by atoms with Gasteiger partial charge in [0, 0.05) is 4.47 Å². The molecule has 0 aromatic heterocycles. The summed E-state index contributed by atoms with van der Waals surface area (Å²) in [5, 5.41) is 9.72. The lowest BCUT2D eigenvalue weighted by atomic mass is 9.68. The minimum atomic E-state index is -0.914. The number of halogens is 1. The van der Waals surface area contributed by atoms with Crippen LogP contribution in [-0.2, 0) is 10.2 Å². The number of para-hydroxylation sites is 1. The van der Waals surface area contributed by atoms with Gasteiger partial charge in [0.05, 0.1) is 11.1 Å². The van der Waals surface area contributed by atoms with E-state index in [1.54, 1.807) is 0 Å². The van der Waals surface area contributed by atoms with Crippen molar-refractivity contribution in [1.82, 2.24) is 0 Å². The number of hydrogen-bond acceptors (Lipinski definition) is 2. The van der Waals surface area contributed by atoms with Crippen molar-refractivity contribution in [3.05, 3.63) is 28.2 Å². The second-order valence-corrected chi connectivity index (χ2v) is 5.74. The van der Waals surface area contributed by atoms with Crippen LogP contribution in [0.25, 0.3) is 0 Å². The first-order valence-electron chi connectivity index (χ1n) is 6.15. The molecule has 0 fully saturated rings. The summed E-state index contributed by atoms with van der Waals surface area (Å²) in [5.74, 6) is -0.823. The number of anilines is 1. The molecular weight excluding hydrogens is 294 g/mol. The number of benzene rings is 1. The van der Waals surface area contributed by atoms with Gasteiger partial charge in [0.2, 0.25) is 0 Å². The molecule has 0 aliphatic rings. The van der Waals surface area contributed by atoms with Crippen molar-refractivity contribution in [1.29, 1.82) is 0 Å². The van der Waals surface area contributed by atoms with Crippen LogP contribution < -0.4 is 5.73 Å². The van der Waals surface area contributed by atoms with Crippen LogP contribution in [0.5, 0.6) is 0 Å². The summed E-state index contributed by atoms with van der Waals surface area (Å²) in [6, 6.07) is 5.49. The Kier molecular flexibility index (Phi) is 4.79. The lowest BCUT2D eigenvalue weighted by Crippen LogP contribution is -2.41. The van der Waals surface area contributed by atoms with Gasteiger partial charge in [-0.3, -0.25) is 4.79 Å². The lowest BCUT2D eigenvalue weighted by Gasteiger charge is -2.35. The molecule has 0 aliphatic heterocycles. The fourth-order valence-corrected chi connectivity index (χ4v) is 2.89. The van der Waals surface area contributed by atoms with Gasteiger partial charge < -0.3 is 10.8 Å².